The maximum atomic E-state index is 5.45. The van der Waals surface area contributed by atoms with Crippen LogP contribution in [0.1, 0.15) is 0 Å². The van der Waals surface area contributed by atoms with E-state index in [9.17, 15) is 0 Å². The van der Waals surface area contributed by atoms with Gasteiger partial charge in [-0.3, -0.25) is 4.40 Å². The Morgan fingerprint density at radius 1 is 0.947 bits per heavy atom. The van der Waals surface area contributed by atoms with Crippen molar-refractivity contribution >= 4 is 86.3 Å². The first-order valence-electron chi connectivity index (χ1n) is 4.85. The van der Waals surface area contributed by atoms with Gasteiger partial charge < -0.3 is 4.42 Å². The van der Waals surface area contributed by atoms with Crippen molar-refractivity contribution in [2.45, 2.75) is 0 Å². The zero-order chi connectivity index (χ0) is 12.9. The Morgan fingerprint density at radius 3 is 2.32 bits per heavy atom. The SMILES string of the molecule is Br.Brc1ccoc1-c1nc2ccc(Br)c(Br)n2c1Br. The molecule has 0 saturated heterocycles. The molecule has 19 heavy (non-hydrogen) atoms. The lowest BCUT2D eigenvalue weighted by Gasteiger charge is -2.01. The van der Waals surface area contributed by atoms with Crippen molar-refractivity contribution in [1.29, 1.82) is 0 Å². The molecule has 0 fully saturated rings. The minimum Gasteiger partial charge on any atom is -0.461 e. The van der Waals surface area contributed by atoms with Gasteiger partial charge in [-0.25, -0.2) is 4.98 Å². The number of hydrogen-bond donors (Lipinski definition) is 0. The van der Waals surface area contributed by atoms with Gasteiger partial charge in [-0.2, -0.15) is 0 Å². The van der Waals surface area contributed by atoms with E-state index >= 15 is 0 Å². The molecule has 0 amide bonds. The quantitative estimate of drug-likeness (QED) is 0.320. The third kappa shape index (κ3) is 2.62. The van der Waals surface area contributed by atoms with Gasteiger partial charge in [0.2, 0.25) is 0 Å². The number of pyridine rings is 1. The number of imidazole rings is 1. The van der Waals surface area contributed by atoms with Crippen molar-refractivity contribution in [3.05, 3.63) is 42.6 Å². The molecule has 0 atom stereocenters. The first kappa shape index (κ1) is 15.8. The van der Waals surface area contributed by atoms with Gasteiger partial charge in [0.05, 0.1) is 10.7 Å². The first-order chi connectivity index (χ1) is 8.59. The summed E-state index contributed by atoms with van der Waals surface area (Å²) in [5, 5.41) is 0. The van der Waals surface area contributed by atoms with Crippen LogP contribution in [0.3, 0.4) is 0 Å². The van der Waals surface area contributed by atoms with Crippen LogP contribution in [-0.4, -0.2) is 9.38 Å². The average molecular weight is 581 g/mol. The van der Waals surface area contributed by atoms with Crippen molar-refractivity contribution in [2.75, 3.05) is 0 Å². The van der Waals surface area contributed by atoms with E-state index in [-0.39, 0.29) is 17.0 Å². The van der Waals surface area contributed by atoms with Crippen LogP contribution in [0.15, 0.2) is 47.0 Å². The van der Waals surface area contributed by atoms with Gasteiger partial charge in [0.1, 0.15) is 20.5 Å². The highest BCUT2D eigenvalue weighted by Crippen LogP contribution is 2.37. The predicted octanol–water partition coefficient (Wildman–Crippen LogP) is 6.22. The standard InChI is InChI=1S/C11H4Br4N2O.BrH/c12-5-3-4-18-9(5)8-11(15)17-7(16-8)2-1-6(13)10(17)14;/h1-4H;1H. The van der Waals surface area contributed by atoms with Crippen molar-refractivity contribution in [1.82, 2.24) is 9.38 Å². The summed E-state index contributed by atoms with van der Waals surface area (Å²) in [6, 6.07) is 5.72. The molecule has 0 N–H and O–H groups in total. The molecular weight excluding hydrogens is 576 g/mol. The summed E-state index contributed by atoms with van der Waals surface area (Å²) < 4.78 is 11.0. The fraction of sp³-hybridized carbons (Fsp3) is 0. The Morgan fingerprint density at radius 2 is 1.68 bits per heavy atom. The molecule has 3 nitrogen and oxygen atoms in total. The van der Waals surface area contributed by atoms with E-state index in [1.54, 1.807) is 6.26 Å². The summed E-state index contributed by atoms with van der Waals surface area (Å²) in [4.78, 5) is 4.56. The molecule has 0 aliphatic carbocycles. The van der Waals surface area contributed by atoms with E-state index in [4.69, 9.17) is 4.42 Å². The Kier molecular flexibility index (Phi) is 4.98. The minimum atomic E-state index is 0. The molecule has 8 heteroatoms. The number of hydrogen-bond acceptors (Lipinski definition) is 2. The van der Waals surface area contributed by atoms with Crippen molar-refractivity contribution in [3.63, 3.8) is 0 Å². The molecule has 3 aromatic heterocycles. The lowest BCUT2D eigenvalue weighted by atomic mass is 10.3. The molecule has 3 aromatic rings. The Balaban J connectivity index is 0.00000133. The van der Waals surface area contributed by atoms with Crippen LogP contribution in [0.2, 0.25) is 0 Å². The van der Waals surface area contributed by atoms with Crippen molar-refractivity contribution < 1.29 is 4.42 Å². The Bertz CT molecular complexity index is 749. The monoisotopic (exact) mass is 576 g/mol. The molecule has 0 saturated carbocycles. The van der Waals surface area contributed by atoms with Gasteiger partial charge in [0, 0.05) is 4.47 Å². The van der Waals surface area contributed by atoms with Gasteiger partial charge in [-0.1, -0.05) is 0 Å². The second-order valence-corrected chi connectivity index (χ2v) is 6.73. The maximum absolute atomic E-state index is 5.45. The molecule has 0 spiro atoms. The largest absolute Gasteiger partial charge is 0.461 e. The number of furan rings is 1. The van der Waals surface area contributed by atoms with E-state index in [0.717, 1.165) is 29.5 Å². The van der Waals surface area contributed by atoms with Gasteiger partial charge in [-0.15, -0.1) is 17.0 Å². The van der Waals surface area contributed by atoms with E-state index in [1.165, 1.54) is 0 Å². The van der Waals surface area contributed by atoms with Crippen LogP contribution in [0.4, 0.5) is 0 Å². The molecule has 0 radical (unpaired) electrons. The van der Waals surface area contributed by atoms with E-state index in [2.05, 4.69) is 68.7 Å². The number of rotatable bonds is 1. The average Bonchev–Trinajstić information content (AvgIpc) is 2.89. The summed E-state index contributed by atoms with van der Waals surface area (Å²) in [5.74, 6) is 0.702. The third-order valence-electron chi connectivity index (χ3n) is 2.45. The number of aromatic nitrogens is 2. The maximum Gasteiger partial charge on any atom is 0.169 e. The summed E-state index contributed by atoms with van der Waals surface area (Å²) in [7, 11) is 0. The Hall–Kier alpha value is 0.370. The first-order valence-corrected chi connectivity index (χ1v) is 8.02. The number of fused-ring (bicyclic) bond motifs is 1. The van der Waals surface area contributed by atoms with Crippen LogP contribution < -0.4 is 0 Å². The molecule has 3 heterocycles. The fourth-order valence-electron chi connectivity index (χ4n) is 1.65. The minimum absolute atomic E-state index is 0. The lowest BCUT2D eigenvalue weighted by molar-refractivity contribution is 0.579. The van der Waals surface area contributed by atoms with Crippen LogP contribution >= 0.6 is 80.7 Å². The van der Waals surface area contributed by atoms with Crippen LogP contribution in [0.25, 0.3) is 17.1 Å². The fourth-order valence-corrected chi connectivity index (χ4v) is 3.70. The van der Waals surface area contributed by atoms with Crippen LogP contribution in [-0.2, 0) is 0 Å². The van der Waals surface area contributed by atoms with Gasteiger partial charge in [0.15, 0.2) is 5.76 Å². The topological polar surface area (TPSA) is 30.4 Å². The summed E-state index contributed by atoms with van der Waals surface area (Å²) in [5.41, 5.74) is 1.58. The zero-order valence-electron chi connectivity index (χ0n) is 9.03. The third-order valence-corrected chi connectivity index (χ3v) is 5.76. The zero-order valence-corrected chi connectivity index (χ0v) is 17.1. The van der Waals surface area contributed by atoms with Crippen molar-refractivity contribution in [3.8, 4) is 11.5 Å². The molecule has 0 unspecified atom stereocenters. The van der Waals surface area contributed by atoms with Crippen LogP contribution in [0.5, 0.6) is 0 Å². The second kappa shape index (κ2) is 6.01. The number of halogens is 5. The molecular formula is C11H5Br5N2O. The molecule has 3 rings (SSSR count). The normalized spacial score (nSPS) is 10.7. The summed E-state index contributed by atoms with van der Waals surface area (Å²) in [6.07, 6.45) is 1.63. The highest BCUT2D eigenvalue weighted by atomic mass is 79.9. The highest BCUT2D eigenvalue weighted by molar-refractivity contribution is 9.13. The molecule has 100 valence electrons. The highest BCUT2D eigenvalue weighted by Gasteiger charge is 2.19. The molecule has 0 aliphatic rings. The van der Waals surface area contributed by atoms with E-state index < -0.39 is 0 Å². The predicted molar refractivity (Wildman–Crippen MR) is 94.0 cm³/mol. The van der Waals surface area contributed by atoms with Gasteiger partial charge >= 0.3 is 0 Å². The van der Waals surface area contributed by atoms with Gasteiger partial charge in [0.25, 0.3) is 0 Å². The van der Waals surface area contributed by atoms with Gasteiger partial charge in [-0.05, 0) is 81.9 Å². The molecule has 0 bridgehead atoms. The molecule has 0 aliphatic heterocycles. The van der Waals surface area contributed by atoms with Crippen molar-refractivity contribution in [2.24, 2.45) is 0 Å². The summed E-state index contributed by atoms with van der Waals surface area (Å²) >= 11 is 14.0. The lowest BCUT2D eigenvalue weighted by Crippen LogP contribution is -1.88. The van der Waals surface area contributed by atoms with E-state index in [1.807, 2.05) is 22.6 Å². The second-order valence-electron chi connectivity index (χ2n) is 3.51. The van der Waals surface area contributed by atoms with Crippen LogP contribution in [0, 0.1) is 0 Å². The Labute approximate surface area is 153 Å². The van der Waals surface area contributed by atoms with E-state index in [0.29, 0.717) is 5.76 Å². The molecule has 0 aromatic carbocycles. The summed E-state index contributed by atoms with van der Waals surface area (Å²) in [6.45, 7) is 0. The number of nitrogens with zero attached hydrogens (tertiary/aromatic N) is 2. The smallest absolute Gasteiger partial charge is 0.169 e.